The molecule has 1 saturated carbocycles. The average molecular weight is 464 g/mol. The first kappa shape index (κ1) is 22.8. The molecule has 8 nitrogen and oxygen atoms in total. The maximum absolute atomic E-state index is 13.1. The van der Waals surface area contributed by atoms with Crippen LogP contribution in [0, 0.1) is 18.8 Å². The van der Waals surface area contributed by atoms with Gasteiger partial charge in [0.15, 0.2) is 0 Å². The molecule has 3 heterocycles. The minimum atomic E-state index is -0.117. The molecular weight excluding hydrogens is 430 g/mol. The second kappa shape index (κ2) is 9.33. The Balaban J connectivity index is 1.52. The number of nitrogens with one attached hydrogen (secondary N) is 2. The smallest absolute Gasteiger partial charge is 0.251 e. The number of nitrogens with zero attached hydrogens (tertiary/aromatic N) is 3. The highest BCUT2D eigenvalue weighted by molar-refractivity contribution is 5.98. The topological polar surface area (TPSA) is 96.5 Å². The van der Waals surface area contributed by atoms with Crippen LogP contribution >= 0.6 is 0 Å². The first-order chi connectivity index (χ1) is 16.4. The molecule has 0 unspecified atom stereocenters. The number of rotatable bonds is 5. The largest absolute Gasteiger partial charge is 0.381 e. The van der Waals surface area contributed by atoms with Gasteiger partial charge in [0.05, 0.1) is 6.04 Å². The van der Waals surface area contributed by atoms with Crippen LogP contribution in [0.1, 0.15) is 67.2 Å². The minimum Gasteiger partial charge on any atom is -0.381 e. The Morgan fingerprint density at radius 2 is 1.88 bits per heavy atom. The lowest BCUT2D eigenvalue weighted by Gasteiger charge is -2.45. The number of anilines is 2. The molecule has 3 aliphatic rings. The van der Waals surface area contributed by atoms with E-state index in [4.69, 9.17) is 4.74 Å². The standard InChI is InChI=1S/C26H33N5O3/c1-15-8-11-27-26(28-15)30-23-16(2)24(18-4-5-18)31(17(3)32)22-7-6-19(14-21(22)23)25(33)29-20-9-12-34-13-10-20/h6-8,11,14,16,18,20,23-24H,4-5,9-10,12-13H2,1-3H3,(H,29,33)(H,27,28,30)/t16-,23-,24-/m1/s1. The minimum absolute atomic E-state index is 0.0367. The summed E-state index contributed by atoms with van der Waals surface area (Å²) in [7, 11) is 0. The van der Waals surface area contributed by atoms with E-state index in [0.717, 1.165) is 42.6 Å². The fourth-order valence-corrected chi connectivity index (χ4v) is 5.48. The van der Waals surface area contributed by atoms with Crippen molar-refractivity contribution < 1.29 is 14.3 Å². The second-order valence-electron chi connectivity index (χ2n) is 9.85. The van der Waals surface area contributed by atoms with Gasteiger partial charge in [-0.25, -0.2) is 9.97 Å². The zero-order chi connectivity index (χ0) is 23.8. The summed E-state index contributed by atoms with van der Waals surface area (Å²) in [6, 6.07) is 7.69. The molecule has 34 heavy (non-hydrogen) atoms. The molecule has 1 aliphatic carbocycles. The number of hydrogen-bond donors (Lipinski definition) is 2. The number of aryl methyl sites for hydroxylation is 1. The predicted molar refractivity (Wildman–Crippen MR) is 130 cm³/mol. The van der Waals surface area contributed by atoms with Gasteiger partial charge in [0.2, 0.25) is 11.9 Å². The Kier molecular flexibility index (Phi) is 6.25. The predicted octanol–water partition coefficient (Wildman–Crippen LogP) is 3.63. The van der Waals surface area contributed by atoms with Crippen molar-refractivity contribution in [3.8, 4) is 0 Å². The van der Waals surface area contributed by atoms with Crippen LogP contribution in [-0.4, -0.2) is 47.1 Å². The van der Waals surface area contributed by atoms with Crippen molar-refractivity contribution in [3.63, 3.8) is 0 Å². The van der Waals surface area contributed by atoms with Gasteiger partial charge in [-0.15, -0.1) is 0 Å². The van der Waals surface area contributed by atoms with E-state index in [1.807, 2.05) is 36.1 Å². The lowest BCUT2D eigenvalue weighted by atomic mass is 9.79. The summed E-state index contributed by atoms with van der Waals surface area (Å²) >= 11 is 0. The molecule has 5 rings (SSSR count). The van der Waals surface area contributed by atoms with E-state index in [1.165, 1.54) is 0 Å². The lowest BCUT2D eigenvalue weighted by Crippen LogP contribution is -2.51. The summed E-state index contributed by atoms with van der Waals surface area (Å²) in [5.41, 5.74) is 3.29. The molecule has 0 bridgehead atoms. The highest BCUT2D eigenvalue weighted by Gasteiger charge is 2.47. The van der Waals surface area contributed by atoms with Crippen LogP contribution < -0.4 is 15.5 Å². The van der Waals surface area contributed by atoms with Crippen LogP contribution in [0.3, 0.4) is 0 Å². The van der Waals surface area contributed by atoms with Gasteiger partial charge in [0, 0.05) is 61.3 Å². The number of benzene rings is 1. The molecule has 2 amide bonds. The van der Waals surface area contributed by atoms with E-state index in [9.17, 15) is 9.59 Å². The van der Waals surface area contributed by atoms with E-state index in [0.29, 0.717) is 30.6 Å². The highest BCUT2D eigenvalue weighted by Crippen LogP contribution is 2.50. The SMILES string of the molecule is CC(=O)N1c2ccc(C(=O)NC3CCOCC3)cc2[C@H](Nc2nccc(C)n2)[C@@H](C)[C@@H]1C1CC1. The molecule has 2 aromatic rings. The average Bonchev–Trinajstić information content (AvgIpc) is 3.66. The lowest BCUT2D eigenvalue weighted by molar-refractivity contribution is -0.117. The third-order valence-electron chi connectivity index (χ3n) is 7.33. The maximum atomic E-state index is 13.1. The molecule has 0 spiro atoms. The van der Waals surface area contributed by atoms with Crippen LogP contribution in [0.2, 0.25) is 0 Å². The monoisotopic (exact) mass is 463 g/mol. The van der Waals surface area contributed by atoms with E-state index >= 15 is 0 Å². The van der Waals surface area contributed by atoms with Crippen molar-refractivity contribution >= 4 is 23.5 Å². The molecule has 3 atom stereocenters. The van der Waals surface area contributed by atoms with Crippen molar-refractivity contribution in [1.82, 2.24) is 15.3 Å². The fourth-order valence-electron chi connectivity index (χ4n) is 5.48. The van der Waals surface area contributed by atoms with Gasteiger partial charge in [0.1, 0.15) is 0 Å². The number of hydrogen-bond acceptors (Lipinski definition) is 6. The Labute approximate surface area is 200 Å². The zero-order valence-corrected chi connectivity index (χ0v) is 20.1. The maximum Gasteiger partial charge on any atom is 0.251 e. The number of amides is 2. The summed E-state index contributed by atoms with van der Waals surface area (Å²) in [6.45, 7) is 7.10. The van der Waals surface area contributed by atoms with Gasteiger partial charge < -0.3 is 20.3 Å². The number of carbonyl (C=O) groups is 2. The van der Waals surface area contributed by atoms with Crippen LogP contribution in [0.15, 0.2) is 30.5 Å². The summed E-state index contributed by atoms with van der Waals surface area (Å²) in [5.74, 6) is 1.13. The van der Waals surface area contributed by atoms with Gasteiger partial charge in [-0.05, 0) is 68.4 Å². The van der Waals surface area contributed by atoms with Gasteiger partial charge in [-0.1, -0.05) is 6.92 Å². The molecule has 1 aromatic carbocycles. The zero-order valence-electron chi connectivity index (χ0n) is 20.1. The van der Waals surface area contributed by atoms with Crippen LogP contribution in [0.4, 0.5) is 11.6 Å². The third-order valence-corrected chi connectivity index (χ3v) is 7.33. The van der Waals surface area contributed by atoms with Crippen molar-refractivity contribution in [2.75, 3.05) is 23.4 Å². The van der Waals surface area contributed by atoms with E-state index < -0.39 is 0 Å². The number of fused-ring (bicyclic) bond motifs is 1. The van der Waals surface area contributed by atoms with E-state index in [2.05, 4.69) is 27.5 Å². The Morgan fingerprint density at radius 1 is 1.12 bits per heavy atom. The molecule has 1 aromatic heterocycles. The van der Waals surface area contributed by atoms with Crippen molar-refractivity contribution in [2.24, 2.45) is 11.8 Å². The molecule has 180 valence electrons. The molecule has 0 radical (unpaired) electrons. The Bertz CT molecular complexity index is 1080. The second-order valence-corrected chi connectivity index (χ2v) is 9.85. The van der Waals surface area contributed by atoms with Gasteiger partial charge in [0.25, 0.3) is 5.91 Å². The van der Waals surface area contributed by atoms with Crippen LogP contribution in [-0.2, 0) is 9.53 Å². The van der Waals surface area contributed by atoms with Gasteiger partial charge in [-0.2, -0.15) is 0 Å². The normalized spacial score (nSPS) is 24.9. The quantitative estimate of drug-likeness (QED) is 0.703. The number of ether oxygens (including phenoxy) is 1. The third kappa shape index (κ3) is 4.51. The Morgan fingerprint density at radius 3 is 2.56 bits per heavy atom. The molecule has 8 heteroatoms. The highest BCUT2D eigenvalue weighted by atomic mass is 16.5. The molecule has 2 fully saturated rings. The molecular formula is C26H33N5O3. The fraction of sp³-hybridized carbons (Fsp3) is 0.538. The van der Waals surface area contributed by atoms with Crippen molar-refractivity contribution in [1.29, 1.82) is 0 Å². The van der Waals surface area contributed by atoms with Crippen LogP contribution in [0.25, 0.3) is 0 Å². The van der Waals surface area contributed by atoms with E-state index in [-0.39, 0.29) is 35.9 Å². The van der Waals surface area contributed by atoms with Crippen molar-refractivity contribution in [2.45, 2.75) is 64.6 Å². The van der Waals surface area contributed by atoms with Crippen molar-refractivity contribution in [3.05, 3.63) is 47.3 Å². The summed E-state index contributed by atoms with van der Waals surface area (Å²) < 4.78 is 5.41. The summed E-state index contributed by atoms with van der Waals surface area (Å²) in [5, 5.41) is 6.69. The molecule has 1 saturated heterocycles. The van der Waals surface area contributed by atoms with Gasteiger partial charge >= 0.3 is 0 Å². The first-order valence-corrected chi connectivity index (χ1v) is 12.3. The number of aromatic nitrogens is 2. The molecule has 2 aliphatic heterocycles. The molecule has 2 N–H and O–H groups in total. The first-order valence-electron chi connectivity index (χ1n) is 12.3. The van der Waals surface area contributed by atoms with Gasteiger partial charge in [-0.3, -0.25) is 9.59 Å². The van der Waals surface area contributed by atoms with E-state index in [1.54, 1.807) is 13.1 Å². The number of carbonyl (C=O) groups excluding carboxylic acids is 2. The Hall–Kier alpha value is -3.00. The van der Waals surface area contributed by atoms with Crippen LogP contribution in [0.5, 0.6) is 0 Å². The summed E-state index contributed by atoms with van der Waals surface area (Å²) in [4.78, 5) is 36.9. The summed E-state index contributed by atoms with van der Waals surface area (Å²) in [6.07, 6.45) is 5.66.